The Morgan fingerprint density at radius 2 is 2.05 bits per heavy atom. The van der Waals surface area contributed by atoms with Gasteiger partial charge in [0.05, 0.1) is 11.2 Å². The monoisotopic (exact) mass is 256 g/mol. The number of rotatable bonds is 3. The Labute approximate surface area is 110 Å². The van der Waals surface area contributed by atoms with Gasteiger partial charge in [0.15, 0.2) is 0 Å². The summed E-state index contributed by atoms with van der Waals surface area (Å²) < 4.78 is 3.80. The molecule has 6 nitrogen and oxygen atoms in total. The normalized spacial score (nSPS) is 13.0. The summed E-state index contributed by atoms with van der Waals surface area (Å²) in [6.45, 7) is 0. The molecule has 19 heavy (non-hydrogen) atoms. The second-order valence-corrected chi connectivity index (χ2v) is 4.52. The molecule has 2 aromatic heterocycles. The quantitative estimate of drug-likeness (QED) is 0.538. The molecule has 0 fully saturated rings. The number of benzene rings is 1. The number of nitrogens with two attached hydrogens (primary N) is 1. The smallest absolute Gasteiger partial charge is 0.133 e. The fraction of sp³-hybridized carbons (Fsp3) is 0.231. The summed E-state index contributed by atoms with van der Waals surface area (Å²) in [5.74, 6) is 6.55. The van der Waals surface area contributed by atoms with Crippen molar-refractivity contribution in [3.63, 3.8) is 0 Å². The van der Waals surface area contributed by atoms with Crippen molar-refractivity contribution in [1.82, 2.24) is 24.8 Å². The molecule has 2 heterocycles. The number of nitrogens with one attached hydrogen (secondary N) is 1. The van der Waals surface area contributed by atoms with Gasteiger partial charge >= 0.3 is 0 Å². The van der Waals surface area contributed by atoms with Crippen molar-refractivity contribution < 1.29 is 0 Å². The van der Waals surface area contributed by atoms with E-state index in [0.717, 1.165) is 22.4 Å². The molecule has 1 atom stereocenters. The number of aryl methyl sites for hydroxylation is 2. The van der Waals surface area contributed by atoms with E-state index in [4.69, 9.17) is 5.84 Å². The third-order valence-electron chi connectivity index (χ3n) is 3.34. The number of hydrogen-bond acceptors (Lipinski definition) is 4. The summed E-state index contributed by atoms with van der Waals surface area (Å²) >= 11 is 0. The highest BCUT2D eigenvalue weighted by Crippen LogP contribution is 2.26. The molecule has 0 saturated carbocycles. The first-order valence-electron chi connectivity index (χ1n) is 6.07. The third kappa shape index (κ3) is 1.81. The number of nitrogens with zero attached hydrogens (tertiary/aromatic N) is 4. The summed E-state index contributed by atoms with van der Waals surface area (Å²) in [5, 5.41) is 5.66. The van der Waals surface area contributed by atoms with Crippen molar-refractivity contribution in [3.05, 3.63) is 48.2 Å². The molecule has 0 aliphatic heterocycles. The zero-order chi connectivity index (χ0) is 13.4. The minimum Gasteiger partial charge on any atom is -0.336 e. The van der Waals surface area contributed by atoms with E-state index >= 15 is 0 Å². The highest BCUT2D eigenvalue weighted by Gasteiger charge is 2.22. The van der Waals surface area contributed by atoms with Crippen molar-refractivity contribution in [3.8, 4) is 0 Å². The van der Waals surface area contributed by atoms with Gasteiger partial charge in [-0.05, 0) is 6.07 Å². The Morgan fingerprint density at radius 1 is 1.26 bits per heavy atom. The van der Waals surface area contributed by atoms with Crippen molar-refractivity contribution in [2.45, 2.75) is 6.04 Å². The van der Waals surface area contributed by atoms with Gasteiger partial charge in [-0.3, -0.25) is 10.5 Å². The molecule has 3 N–H and O–H groups in total. The van der Waals surface area contributed by atoms with Gasteiger partial charge in [0.25, 0.3) is 0 Å². The molecule has 0 saturated heterocycles. The zero-order valence-corrected chi connectivity index (χ0v) is 10.9. The molecule has 0 aliphatic carbocycles. The maximum atomic E-state index is 5.71. The van der Waals surface area contributed by atoms with Gasteiger partial charge in [0, 0.05) is 31.9 Å². The van der Waals surface area contributed by atoms with E-state index in [1.165, 1.54) is 0 Å². The van der Waals surface area contributed by atoms with E-state index in [9.17, 15) is 0 Å². The van der Waals surface area contributed by atoms with Crippen LogP contribution in [0, 0.1) is 0 Å². The van der Waals surface area contributed by atoms with Gasteiger partial charge < -0.3 is 4.57 Å². The SMILES string of the molecule is Cn1ccnc1C(NN)c1nn(C)c2ccccc12. The Hall–Kier alpha value is -2.18. The molecule has 0 bridgehead atoms. The largest absolute Gasteiger partial charge is 0.336 e. The second kappa shape index (κ2) is 4.49. The van der Waals surface area contributed by atoms with Crippen LogP contribution in [0.5, 0.6) is 0 Å². The number of aromatic nitrogens is 4. The molecule has 6 heteroatoms. The van der Waals surface area contributed by atoms with Gasteiger partial charge in [-0.2, -0.15) is 5.10 Å². The molecule has 3 aromatic rings. The van der Waals surface area contributed by atoms with Crippen molar-refractivity contribution >= 4 is 10.9 Å². The fourth-order valence-corrected chi connectivity index (χ4v) is 2.39. The molecule has 0 spiro atoms. The third-order valence-corrected chi connectivity index (χ3v) is 3.34. The highest BCUT2D eigenvalue weighted by molar-refractivity contribution is 5.82. The maximum Gasteiger partial charge on any atom is 0.133 e. The first-order valence-corrected chi connectivity index (χ1v) is 6.07. The van der Waals surface area contributed by atoms with Crippen LogP contribution in [0.2, 0.25) is 0 Å². The van der Waals surface area contributed by atoms with Crippen molar-refractivity contribution in [2.75, 3.05) is 0 Å². The summed E-state index contributed by atoms with van der Waals surface area (Å²) in [7, 11) is 3.87. The van der Waals surface area contributed by atoms with E-state index < -0.39 is 0 Å². The van der Waals surface area contributed by atoms with Crippen LogP contribution in [0.4, 0.5) is 0 Å². The van der Waals surface area contributed by atoms with E-state index in [1.54, 1.807) is 6.20 Å². The molecule has 0 amide bonds. The number of imidazole rings is 1. The predicted octanol–water partition coefficient (Wildman–Crippen LogP) is 0.859. The molecular weight excluding hydrogens is 240 g/mol. The Morgan fingerprint density at radius 3 is 2.74 bits per heavy atom. The van der Waals surface area contributed by atoms with Crippen LogP contribution in [0.1, 0.15) is 17.6 Å². The first-order chi connectivity index (χ1) is 9.22. The molecule has 1 aromatic carbocycles. The standard InChI is InChI=1S/C13H16N6/c1-18-8-7-15-13(18)12(16-14)11-9-5-3-4-6-10(9)19(2)17-11/h3-8,12,16H,14H2,1-2H3. The van der Waals surface area contributed by atoms with Gasteiger partial charge in [-0.15, -0.1) is 0 Å². The van der Waals surface area contributed by atoms with Crippen LogP contribution >= 0.6 is 0 Å². The van der Waals surface area contributed by atoms with Crippen LogP contribution in [-0.4, -0.2) is 19.3 Å². The average molecular weight is 256 g/mol. The lowest BCUT2D eigenvalue weighted by atomic mass is 10.1. The lowest BCUT2D eigenvalue weighted by Gasteiger charge is -2.13. The van der Waals surface area contributed by atoms with Crippen molar-refractivity contribution in [1.29, 1.82) is 0 Å². The van der Waals surface area contributed by atoms with Gasteiger partial charge in [-0.25, -0.2) is 10.4 Å². The molecule has 0 aliphatic rings. The highest BCUT2D eigenvalue weighted by atomic mass is 15.3. The topological polar surface area (TPSA) is 73.7 Å². The molecule has 0 radical (unpaired) electrons. The van der Waals surface area contributed by atoms with Gasteiger partial charge in [0.1, 0.15) is 11.9 Å². The van der Waals surface area contributed by atoms with Gasteiger partial charge in [0.2, 0.25) is 0 Å². The van der Waals surface area contributed by atoms with Crippen LogP contribution in [0.15, 0.2) is 36.7 Å². The van der Waals surface area contributed by atoms with E-state index in [0.29, 0.717) is 0 Å². The fourth-order valence-electron chi connectivity index (χ4n) is 2.39. The maximum absolute atomic E-state index is 5.71. The summed E-state index contributed by atoms with van der Waals surface area (Å²) in [4.78, 5) is 4.35. The number of hydrogen-bond donors (Lipinski definition) is 2. The summed E-state index contributed by atoms with van der Waals surface area (Å²) in [5.41, 5.74) is 4.77. The average Bonchev–Trinajstić information content (AvgIpc) is 2.98. The molecule has 3 rings (SSSR count). The Kier molecular flexibility index (Phi) is 2.81. The van der Waals surface area contributed by atoms with Crippen molar-refractivity contribution in [2.24, 2.45) is 19.9 Å². The van der Waals surface area contributed by atoms with E-state index in [1.807, 2.05) is 53.8 Å². The van der Waals surface area contributed by atoms with E-state index in [2.05, 4.69) is 15.5 Å². The minimum atomic E-state index is -0.230. The Bertz CT molecular complexity index is 711. The van der Waals surface area contributed by atoms with Crippen LogP contribution < -0.4 is 11.3 Å². The van der Waals surface area contributed by atoms with Crippen LogP contribution in [0.3, 0.4) is 0 Å². The molecular formula is C13H16N6. The molecule has 98 valence electrons. The lowest BCUT2D eigenvalue weighted by Crippen LogP contribution is -2.31. The number of hydrazine groups is 1. The Balaban J connectivity index is 2.20. The number of fused-ring (bicyclic) bond motifs is 1. The summed E-state index contributed by atoms with van der Waals surface area (Å²) in [6, 6.07) is 7.85. The predicted molar refractivity (Wildman–Crippen MR) is 73.1 cm³/mol. The minimum absolute atomic E-state index is 0.230. The lowest BCUT2D eigenvalue weighted by molar-refractivity contribution is 0.560. The van der Waals surface area contributed by atoms with Gasteiger partial charge in [-0.1, -0.05) is 18.2 Å². The summed E-state index contributed by atoms with van der Waals surface area (Å²) in [6.07, 6.45) is 3.65. The zero-order valence-electron chi connectivity index (χ0n) is 10.9. The van der Waals surface area contributed by atoms with Crippen LogP contribution in [-0.2, 0) is 14.1 Å². The number of para-hydroxylation sites is 1. The first kappa shape index (κ1) is 11.9. The van der Waals surface area contributed by atoms with Crippen LogP contribution in [0.25, 0.3) is 10.9 Å². The molecule has 1 unspecified atom stereocenters. The van der Waals surface area contributed by atoms with E-state index in [-0.39, 0.29) is 6.04 Å². The second-order valence-electron chi connectivity index (χ2n) is 4.52.